The molecule has 0 spiro atoms. The maximum atomic E-state index is 5.56. The Bertz CT molecular complexity index is 786. The summed E-state index contributed by atoms with van der Waals surface area (Å²) in [6, 6.07) is 0. The molecule has 0 amide bonds. The van der Waals surface area contributed by atoms with Gasteiger partial charge in [0.1, 0.15) is 26.4 Å². The quantitative estimate of drug-likeness (QED) is 0.381. The molecule has 2 aromatic heterocycles. The van der Waals surface area contributed by atoms with Crippen molar-refractivity contribution in [2.24, 2.45) is 0 Å². The number of rotatable bonds is 1. The molecule has 4 heterocycles. The molecule has 4 rings (SSSR count). The Hall–Kier alpha value is -1.92. The van der Waals surface area contributed by atoms with Crippen LogP contribution in [-0.4, -0.2) is 26.4 Å². The minimum absolute atomic E-state index is 0.660. The summed E-state index contributed by atoms with van der Waals surface area (Å²) in [6.45, 7) is 22.9. The molecule has 0 unspecified atom stereocenters. The van der Waals surface area contributed by atoms with E-state index in [1.165, 1.54) is 14.6 Å². The molecule has 0 atom stereocenters. The zero-order valence-corrected chi connectivity index (χ0v) is 23.2. The molecule has 2 aromatic rings. The van der Waals surface area contributed by atoms with Crippen molar-refractivity contribution >= 4 is 28.7 Å². The van der Waals surface area contributed by atoms with Crippen LogP contribution in [0, 0.1) is 20.8 Å². The number of aryl methyl sites for hydroxylation is 3. The lowest BCUT2D eigenvalue weighted by atomic mass is 10.3. The normalized spacial score (nSPS) is 12.9. The van der Waals surface area contributed by atoms with Gasteiger partial charge in [0.2, 0.25) is 0 Å². The van der Waals surface area contributed by atoms with Crippen molar-refractivity contribution in [3.8, 4) is 23.0 Å². The van der Waals surface area contributed by atoms with Gasteiger partial charge >= 0.3 is 0 Å². The van der Waals surface area contributed by atoms with Gasteiger partial charge in [-0.3, -0.25) is 0 Å². The highest BCUT2D eigenvalue weighted by molar-refractivity contribution is 7.13. The highest BCUT2D eigenvalue weighted by atomic mass is 32.1. The first kappa shape index (κ1) is 30.1. The van der Waals surface area contributed by atoms with Crippen LogP contribution < -0.4 is 18.9 Å². The number of ether oxygens (including phenoxy) is 4. The highest BCUT2D eigenvalue weighted by Gasteiger charge is 2.20. The topological polar surface area (TPSA) is 36.9 Å². The summed E-state index contributed by atoms with van der Waals surface area (Å²) in [5, 5.41) is 0. The zero-order valence-electron chi connectivity index (χ0n) is 21.6. The van der Waals surface area contributed by atoms with Gasteiger partial charge in [-0.05, 0) is 47.6 Å². The van der Waals surface area contributed by atoms with Crippen LogP contribution in [0.1, 0.15) is 68.0 Å². The summed E-state index contributed by atoms with van der Waals surface area (Å²) in [5.41, 5.74) is 0. The largest absolute Gasteiger partial charge is 0.485 e. The van der Waals surface area contributed by atoms with Gasteiger partial charge in [0.25, 0.3) is 0 Å². The molecule has 182 valence electrons. The average molecular weight is 483 g/mol. The standard InChI is InChI=1S/C10H12O2S.C8H10O2S.C4H8.2C2H6/c1-3-4-8-10-9(7(2)13-8)11-5-6-12-10;1-5-7-8(6(2)11-5)10-4-3-9-7;1-3-4-2;2*1-2/h3-4H,5-6H2,1-2H3;3-4H2,1-2H3;3-4H,1-2H3;2*1-2H3/b4-3+;;4-3+;;. The summed E-state index contributed by atoms with van der Waals surface area (Å²) in [4.78, 5) is 4.80. The molecular formula is C26H42O4S2. The van der Waals surface area contributed by atoms with Crippen LogP contribution in [0.4, 0.5) is 0 Å². The van der Waals surface area contributed by atoms with Gasteiger partial charge < -0.3 is 18.9 Å². The van der Waals surface area contributed by atoms with Crippen molar-refractivity contribution in [3.63, 3.8) is 0 Å². The van der Waals surface area contributed by atoms with E-state index in [0.29, 0.717) is 26.4 Å². The van der Waals surface area contributed by atoms with Crippen LogP contribution in [0.15, 0.2) is 18.2 Å². The highest BCUT2D eigenvalue weighted by Crippen LogP contribution is 2.44. The molecule has 2 aliphatic heterocycles. The number of hydrogen-bond donors (Lipinski definition) is 0. The molecular weight excluding hydrogens is 440 g/mol. The molecule has 0 radical (unpaired) electrons. The summed E-state index contributed by atoms with van der Waals surface area (Å²) < 4.78 is 22.0. The fraction of sp³-hybridized carbons (Fsp3) is 0.538. The van der Waals surface area contributed by atoms with Crippen LogP contribution in [0.2, 0.25) is 0 Å². The lowest BCUT2D eigenvalue weighted by molar-refractivity contribution is 0.171. The molecule has 0 saturated carbocycles. The molecule has 0 saturated heterocycles. The van der Waals surface area contributed by atoms with E-state index in [1.54, 1.807) is 22.7 Å². The number of allylic oxidation sites excluding steroid dienone is 3. The van der Waals surface area contributed by atoms with Crippen LogP contribution in [0.25, 0.3) is 6.08 Å². The van der Waals surface area contributed by atoms with Gasteiger partial charge in [0, 0.05) is 14.6 Å². The molecule has 32 heavy (non-hydrogen) atoms. The van der Waals surface area contributed by atoms with Crippen LogP contribution in [0.3, 0.4) is 0 Å². The Morgan fingerprint density at radius 3 is 1.25 bits per heavy atom. The maximum absolute atomic E-state index is 5.56. The van der Waals surface area contributed by atoms with Gasteiger partial charge in [-0.15, -0.1) is 22.7 Å². The molecule has 0 aromatic carbocycles. The van der Waals surface area contributed by atoms with Gasteiger partial charge in [-0.2, -0.15) is 0 Å². The molecule has 4 nitrogen and oxygen atoms in total. The molecule has 0 fully saturated rings. The summed E-state index contributed by atoms with van der Waals surface area (Å²) in [7, 11) is 0. The smallest absolute Gasteiger partial charge is 0.179 e. The average Bonchev–Trinajstić information content (AvgIpc) is 3.33. The van der Waals surface area contributed by atoms with E-state index in [0.717, 1.165) is 27.9 Å². The molecule has 0 N–H and O–H groups in total. The predicted octanol–water partition coefficient (Wildman–Crippen LogP) is 8.63. The van der Waals surface area contributed by atoms with Crippen molar-refractivity contribution in [2.75, 3.05) is 26.4 Å². The first-order valence-corrected chi connectivity index (χ1v) is 13.1. The Balaban J connectivity index is 0.000000459. The Morgan fingerprint density at radius 2 is 0.875 bits per heavy atom. The van der Waals surface area contributed by atoms with Gasteiger partial charge in [0.15, 0.2) is 23.0 Å². The van der Waals surface area contributed by atoms with Gasteiger partial charge in [-0.1, -0.05) is 45.9 Å². The summed E-state index contributed by atoms with van der Waals surface area (Å²) >= 11 is 3.45. The second-order valence-electron chi connectivity index (χ2n) is 6.11. The monoisotopic (exact) mass is 482 g/mol. The second kappa shape index (κ2) is 17.6. The number of hydrogen-bond acceptors (Lipinski definition) is 6. The Kier molecular flexibility index (Phi) is 16.6. The van der Waals surface area contributed by atoms with E-state index in [2.05, 4.69) is 26.8 Å². The van der Waals surface area contributed by atoms with Crippen molar-refractivity contribution in [3.05, 3.63) is 37.7 Å². The SMILES string of the molecule is C/C=C/C.C/C=C/c1sc(C)c2c1OCCO2.CC.CC.Cc1sc(C)c2c1OCCO2. The van der Waals surface area contributed by atoms with E-state index < -0.39 is 0 Å². The second-order valence-corrected chi connectivity index (χ2v) is 8.80. The van der Waals surface area contributed by atoms with Crippen LogP contribution in [0.5, 0.6) is 23.0 Å². The van der Waals surface area contributed by atoms with Gasteiger partial charge in [-0.25, -0.2) is 0 Å². The Labute approximate surface area is 203 Å². The molecule has 0 aliphatic carbocycles. The molecule has 2 aliphatic rings. The van der Waals surface area contributed by atoms with Crippen LogP contribution in [-0.2, 0) is 0 Å². The zero-order chi connectivity index (χ0) is 24.5. The number of thiophene rings is 2. The van der Waals surface area contributed by atoms with Crippen molar-refractivity contribution in [1.82, 2.24) is 0 Å². The van der Waals surface area contributed by atoms with Crippen molar-refractivity contribution < 1.29 is 18.9 Å². The van der Waals surface area contributed by atoms with Gasteiger partial charge in [0.05, 0.1) is 4.88 Å². The van der Waals surface area contributed by atoms with E-state index in [-0.39, 0.29) is 0 Å². The minimum Gasteiger partial charge on any atom is -0.485 e. The summed E-state index contributed by atoms with van der Waals surface area (Å²) in [6.07, 6.45) is 8.08. The summed E-state index contributed by atoms with van der Waals surface area (Å²) in [5.74, 6) is 3.77. The fourth-order valence-corrected chi connectivity index (χ4v) is 4.62. The molecule has 6 heteroatoms. The molecule has 0 bridgehead atoms. The first-order chi connectivity index (χ1) is 15.5. The van der Waals surface area contributed by atoms with E-state index in [1.807, 2.05) is 66.7 Å². The Morgan fingerprint density at radius 1 is 0.531 bits per heavy atom. The fourth-order valence-electron chi connectivity index (χ4n) is 2.65. The van der Waals surface area contributed by atoms with Crippen molar-refractivity contribution in [1.29, 1.82) is 0 Å². The van der Waals surface area contributed by atoms with E-state index >= 15 is 0 Å². The third-order valence-electron chi connectivity index (χ3n) is 3.97. The minimum atomic E-state index is 0.660. The van der Waals surface area contributed by atoms with E-state index in [9.17, 15) is 0 Å². The van der Waals surface area contributed by atoms with Crippen molar-refractivity contribution in [2.45, 2.75) is 69.2 Å². The lowest BCUT2D eigenvalue weighted by Gasteiger charge is -2.15. The number of fused-ring (bicyclic) bond motifs is 2. The van der Waals surface area contributed by atoms with E-state index in [4.69, 9.17) is 18.9 Å². The van der Waals surface area contributed by atoms with Crippen LogP contribution >= 0.6 is 22.7 Å². The first-order valence-electron chi connectivity index (χ1n) is 11.5. The third-order valence-corrected chi connectivity index (χ3v) is 5.98. The maximum Gasteiger partial charge on any atom is 0.179 e. The predicted molar refractivity (Wildman–Crippen MR) is 143 cm³/mol. The third kappa shape index (κ3) is 8.91. The lowest BCUT2D eigenvalue weighted by Crippen LogP contribution is -2.14.